The monoisotopic (exact) mass is 363 g/mol. The quantitative estimate of drug-likeness (QED) is 0.764. The molecule has 0 bridgehead atoms. The van der Waals surface area contributed by atoms with E-state index in [1.807, 2.05) is 6.92 Å². The summed E-state index contributed by atoms with van der Waals surface area (Å²) < 4.78 is 0. The molecule has 3 rings (SSSR count). The third-order valence-corrected chi connectivity index (χ3v) is 4.97. The van der Waals surface area contributed by atoms with Gasteiger partial charge in [0.2, 0.25) is 0 Å². The number of nitrogens with one attached hydrogen (secondary N) is 1. The Kier molecular flexibility index (Phi) is 8.04. The van der Waals surface area contributed by atoms with E-state index in [0.29, 0.717) is 11.6 Å². The highest BCUT2D eigenvalue weighted by atomic mass is 35.5. The first-order valence-corrected chi connectivity index (χ1v) is 7.95. The summed E-state index contributed by atoms with van der Waals surface area (Å²) >= 11 is 0. The Labute approximate surface area is 150 Å². The number of hydrogen-bond donors (Lipinski definition) is 3. The average molecular weight is 364 g/mol. The van der Waals surface area contributed by atoms with Crippen LogP contribution in [0.25, 0.3) is 0 Å². The van der Waals surface area contributed by atoms with Crippen molar-refractivity contribution in [2.45, 2.75) is 38.8 Å². The summed E-state index contributed by atoms with van der Waals surface area (Å²) in [5, 5.41) is 23.6. The Morgan fingerprint density at radius 1 is 1.30 bits per heavy atom. The van der Waals surface area contributed by atoms with Crippen molar-refractivity contribution in [3.8, 4) is 5.75 Å². The van der Waals surface area contributed by atoms with Crippen LogP contribution >= 0.6 is 24.8 Å². The molecule has 1 saturated heterocycles. The molecular weight excluding hydrogens is 337 g/mol. The number of pyridine rings is 1. The maximum absolute atomic E-state index is 10.6. The lowest BCUT2D eigenvalue weighted by atomic mass is 9.75. The van der Waals surface area contributed by atoms with Crippen LogP contribution in [0.2, 0.25) is 0 Å². The number of nitrogens with zero attached hydrogens (tertiary/aromatic N) is 2. The SMILES string of the molecule is Cc1ncc(CO)c([C@@H](C2CCC2)N2CCNCC2)c1O.Cl.Cl. The van der Waals surface area contributed by atoms with Crippen LogP contribution in [0.5, 0.6) is 5.75 Å². The van der Waals surface area contributed by atoms with Gasteiger partial charge in [-0.1, -0.05) is 6.42 Å². The Hall–Kier alpha value is -0.590. The first-order chi connectivity index (χ1) is 10.2. The number of aromatic nitrogens is 1. The van der Waals surface area contributed by atoms with Gasteiger partial charge in [0.1, 0.15) is 5.75 Å². The van der Waals surface area contributed by atoms with Gasteiger partial charge >= 0.3 is 0 Å². The number of piperazine rings is 1. The zero-order valence-corrected chi connectivity index (χ0v) is 15.1. The lowest BCUT2D eigenvalue weighted by Gasteiger charge is -2.44. The first kappa shape index (κ1) is 20.5. The van der Waals surface area contributed by atoms with Crippen LogP contribution in [-0.2, 0) is 6.61 Å². The van der Waals surface area contributed by atoms with Crippen molar-refractivity contribution in [1.29, 1.82) is 0 Å². The second-order valence-corrected chi connectivity index (χ2v) is 6.21. The summed E-state index contributed by atoms with van der Waals surface area (Å²) in [5.74, 6) is 0.859. The molecule has 2 aliphatic rings. The summed E-state index contributed by atoms with van der Waals surface area (Å²) in [6, 6.07) is 0.213. The van der Waals surface area contributed by atoms with E-state index < -0.39 is 0 Å². The van der Waals surface area contributed by atoms with E-state index in [1.165, 1.54) is 19.3 Å². The van der Waals surface area contributed by atoms with Crippen molar-refractivity contribution in [2.75, 3.05) is 26.2 Å². The molecule has 1 atom stereocenters. The molecule has 0 aromatic carbocycles. The Bertz CT molecular complexity index is 506. The minimum absolute atomic E-state index is 0. The highest BCUT2D eigenvalue weighted by Crippen LogP contribution is 2.45. The van der Waals surface area contributed by atoms with Crippen LogP contribution in [0.4, 0.5) is 0 Å². The largest absolute Gasteiger partial charge is 0.506 e. The summed E-state index contributed by atoms with van der Waals surface area (Å²) in [5.41, 5.74) is 2.34. The molecule has 2 fully saturated rings. The van der Waals surface area contributed by atoms with Gasteiger partial charge in [0.25, 0.3) is 0 Å². The van der Waals surface area contributed by atoms with Crippen molar-refractivity contribution >= 4 is 24.8 Å². The zero-order chi connectivity index (χ0) is 14.8. The van der Waals surface area contributed by atoms with Gasteiger partial charge in [-0.2, -0.15) is 0 Å². The van der Waals surface area contributed by atoms with Crippen LogP contribution in [0.15, 0.2) is 6.20 Å². The lowest BCUT2D eigenvalue weighted by Crippen LogP contribution is -2.48. The molecule has 7 heteroatoms. The van der Waals surface area contributed by atoms with E-state index in [9.17, 15) is 10.2 Å². The number of hydrogen-bond acceptors (Lipinski definition) is 5. The highest BCUT2D eigenvalue weighted by molar-refractivity contribution is 5.85. The summed E-state index contributed by atoms with van der Waals surface area (Å²) in [6.45, 7) is 5.73. The fourth-order valence-electron chi connectivity index (χ4n) is 3.54. The summed E-state index contributed by atoms with van der Waals surface area (Å²) in [4.78, 5) is 6.67. The number of aromatic hydroxyl groups is 1. The van der Waals surface area contributed by atoms with Gasteiger partial charge in [0, 0.05) is 49.5 Å². The third-order valence-electron chi connectivity index (χ3n) is 4.97. The van der Waals surface area contributed by atoms with E-state index in [0.717, 1.165) is 37.3 Å². The molecule has 1 saturated carbocycles. The summed E-state index contributed by atoms with van der Waals surface area (Å²) in [7, 11) is 0. The molecule has 5 nitrogen and oxygen atoms in total. The standard InChI is InChI=1S/C16H25N3O2.2ClH/c1-11-16(21)14(13(10-20)9-18-11)15(12-3-2-4-12)19-7-5-17-6-8-19;;/h9,12,15,17,20-21H,2-8,10H2,1H3;2*1H/t15-;;/m1../s1. The van der Waals surface area contributed by atoms with Gasteiger partial charge in [0.15, 0.2) is 0 Å². The van der Waals surface area contributed by atoms with Crippen molar-refractivity contribution in [3.63, 3.8) is 0 Å². The Morgan fingerprint density at radius 3 is 2.48 bits per heavy atom. The number of aryl methyl sites for hydroxylation is 1. The fourth-order valence-corrected chi connectivity index (χ4v) is 3.54. The zero-order valence-electron chi connectivity index (χ0n) is 13.5. The number of aliphatic hydroxyl groups is 1. The topological polar surface area (TPSA) is 68.6 Å². The molecule has 23 heavy (non-hydrogen) atoms. The van der Waals surface area contributed by atoms with Gasteiger partial charge < -0.3 is 15.5 Å². The molecule has 0 amide bonds. The number of aliphatic hydroxyl groups excluding tert-OH is 1. The van der Waals surface area contributed by atoms with Gasteiger partial charge in [0.05, 0.1) is 12.3 Å². The molecule has 132 valence electrons. The maximum atomic E-state index is 10.6. The predicted octanol–water partition coefficient (Wildman–Crippen LogP) is 2.18. The number of rotatable bonds is 4. The molecule has 3 N–H and O–H groups in total. The van der Waals surface area contributed by atoms with Gasteiger partial charge in [-0.25, -0.2) is 0 Å². The van der Waals surface area contributed by atoms with Crippen LogP contribution in [0, 0.1) is 12.8 Å². The van der Waals surface area contributed by atoms with Crippen LogP contribution in [0.3, 0.4) is 0 Å². The van der Waals surface area contributed by atoms with E-state index in [2.05, 4.69) is 15.2 Å². The minimum Gasteiger partial charge on any atom is -0.506 e. The van der Waals surface area contributed by atoms with E-state index in [4.69, 9.17) is 0 Å². The van der Waals surface area contributed by atoms with Gasteiger partial charge in [-0.05, 0) is 25.7 Å². The van der Waals surface area contributed by atoms with E-state index >= 15 is 0 Å². The van der Waals surface area contributed by atoms with Crippen molar-refractivity contribution < 1.29 is 10.2 Å². The van der Waals surface area contributed by atoms with Crippen LogP contribution < -0.4 is 5.32 Å². The molecule has 0 spiro atoms. The normalized spacial score (nSPS) is 20.1. The van der Waals surface area contributed by atoms with E-state index in [1.54, 1.807) is 6.20 Å². The van der Waals surface area contributed by atoms with E-state index in [-0.39, 0.29) is 43.2 Å². The molecule has 0 unspecified atom stereocenters. The lowest BCUT2D eigenvalue weighted by molar-refractivity contribution is 0.0800. The summed E-state index contributed by atoms with van der Waals surface area (Å²) in [6.07, 6.45) is 5.41. The fraction of sp³-hybridized carbons (Fsp3) is 0.688. The van der Waals surface area contributed by atoms with Crippen molar-refractivity contribution in [3.05, 3.63) is 23.0 Å². The smallest absolute Gasteiger partial charge is 0.141 e. The predicted molar refractivity (Wildman–Crippen MR) is 95.6 cm³/mol. The molecule has 1 aliphatic carbocycles. The Morgan fingerprint density at radius 2 is 1.96 bits per heavy atom. The van der Waals surface area contributed by atoms with Gasteiger partial charge in [-0.15, -0.1) is 24.8 Å². The molecule has 1 aromatic heterocycles. The second-order valence-electron chi connectivity index (χ2n) is 6.21. The Balaban J connectivity index is 0.00000132. The second kappa shape index (κ2) is 9.04. The molecular formula is C16H27Cl2N3O2. The van der Waals surface area contributed by atoms with Crippen LogP contribution in [0.1, 0.15) is 42.1 Å². The van der Waals surface area contributed by atoms with Crippen molar-refractivity contribution in [2.24, 2.45) is 5.92 Å². The molecule has 1 aliphatic heterocycles. The van der Waals surface area contributed by atoms with Crippen LogP contribution in [-0.4, -0.2) is 46.3 Å². The molecule has 2 heterocycles. The molecule has 0 radical (unpaired) electrons. The first-order valence-electron chi connectivity index (χ1n) is 7.95. The van der Waals surface area contributed by atoms with Crippen molar-refractivity contribution in [1.82, 2.24) is 15.2 Å². The average Bonchev–Trinajstić information content (AvgIpc) is 2.47. The third kappa shape index (κ3) is 4.09. The minimum atomic E-state index is -0.0640. The number of halogens is 2. The molecule has 1 aromatic rings. The van der Waals surface area contributed by atoms with Gasteiger partial charge in [-0.3, -0.25) is 9.88 Å². The highest BCUT2D eigenvalue weighted by Gasteiger charge is 2.36. The maximum Gasteiger partial charge on any atom is 0.141 e.